The molecule has 0 aliphatic carbocycles. The van der Waals surface area contributed by atoms with Crippen LogP contribution in [-0.2, 0) is 0 Å². The first-order chi connectivity index (χ1) is 14.9. The van der Waals surface area contributed by atoms with Gasteiger partial charge in [-0.3, -0.25) is 0 Å². The number of hydrogen-bond donors (Lipinski definition) is 0. The number of thiophene rings is 1. The third kappa shape index (κ3) is 5.50. The lowest BCUT2D eigenvalue weighted by atomic mass is 10.1. The van der Waals surface area contributed by atoms with Gasteiger partial charge in [-0.05, 0) is 70.9 Å². The van der Waals surface area contributed by atoms with Crippen LogP contribution in [0.15, 0.2) is 28.4 Å². The van der Waals surface area contributed by atoms with Gasteiger partial charge in [-0.2, -0.15) is 10.5 Å². The number of nitriles is 2. The number of rotatable bonds is 10. The Balaban J connectivity index is 2.22. The van der Waals surface area contributed by atoms with Gasteiger partial charge >= 0.3 is 0 Å². The van der Waals surface area contributed by atoms with Crippen LogP contribution in [0.25, 0.3) is 0 Å². The monoisotopic (exact) mass is 437 g/mol. The van der Waals surface area contributed by atoms with Gasteiger partial charge in [0.1, 0.15) is 17.0 Å². The molecule has 164 valence electrons. The maximum absolute atomic E-state index is 9.38. The lowest BCUT2D eigenvalue weighted by molar-refractivity contribution is -0.921. The molecule has 0 spiro atoms. The molecule has 6 nitrogen and oxygen atoms in total. The Morgan fingerprint density at radius 3 is 2.19 bits per heavy atom. The van der Waals surface area contributed by atoms with Crippen LogP contribution in [-0.4, -0.2) is 43.8 Å². The third-order valence-corrected chi connectivity index (χ3v) is 7.45. The molecule has 7 heteroatoms. The van der Waals surface area contributed by atoms with Crippen molar-refractivity contribution in [1.82, 2.24) is 0 Å². The van der Waals surface area contributed by atoms with Crippen molar-refractivity contribution < 1.29 is 4.48 Å². The highest BCUT2D eigenvalue weighted by atomic mass is 32.1. The summed E-state index contributed by atoms with van der Waals surface area (Å²) in [4.78, 5) is 2.93. The fourth-order valence-electron chi connectivity index (χ4n) is 3.80. The molecule has 0 amide bonds. The molecule has 0 unspecified atom stereocenters. The Morgan fingerprint density at radius 2 is 1.68 bits per heavy atom. The van der Waals surface area contributed by atoms with E-state index in [1.54, 1.807) is 6.92 Å². The van der Waals surface area contributed by atoms with Crippen molar-refractivity contribution in [3.05, 3.63) is 39.8 Å². The predicted octanol–water partition coefficient (Wildman–Crippen LogP) is 6.23. The second-order valence-corrected chi connectivity index (χ2v) is 8.72. The highest BCUT2D eigenvalue weighted by Crippen LogP contribution is 2.36. The predicted molar refractivity (Wildman–Crippen MR) is 128 cm³/mol. The van der Waals surface area contributed by atoms with Gasteiger partial charge in [-0.1, -0.05) is 0 Å². The van der Waals surface area contributed by atoms with Gasteiger partial charge in [0.2, 0.25) is 0 Å². The minimum Gasteiger partial charge on any atom is -0.366 e. The Kier molecular flexibility index (Phi) is 8.74. The molecule has 0 saturated heterocycles. The summed E-state index contributed by atoms with van der Waals surface area (Å²) in [6, 6.07) is 10.5. The van der Waals surface area contributed by atoms with Crippen molar-refractivity contribution in [3.8, 4) is 12.1 Å². The maximum atomic E-state index is 9.38. The number of likely N-dealkylation sites (N-methyl/N-ethyl adjacent to an activating group) is 2. The van der Waals surface area contributed by atoms with Crippen LogP contribution >= 0.6 is 11.3 Å². The minimum atomic E-state index is 0.432. The van der Waals surface area contributed by atoms with Gasteiger partial charge in [0.15, 0.2) is 5.00 Å². The Labute approximate surface area is 190 Å². The molecule has 1 aromatic heterocycles. The molecule has 2 aromatic rings. The van der Waals surface area contributed by atoms with Crippen molar-refractivity contribution in [2.45, 2.75) is 41.5 Å². The summed E-state index contributed by atoms with van der Waals surface area (Å²) >= 11 is 1.21. The van der Waals surface area contributed by atoms with Crippen LogP contribution in [0.5, 0.6) is 0 Å². The van der Waals surface area contributed by atoms with E-state index in [1.165, 1.54) is 17.0 Å². The summed E-state index contributed by atoms with van der Waals surface area (Å²) in [5.41, 5.74) is 4.11. The molecule has 0 radical (unpaired) electrons. The summed E-state index contributed by atoms with van der Waals surface area (Å²) in [6.07, 6.45) is 0. The molecule has 0 fully saturated rings. The fourth-order valence-corrected chi connectivity index (χ4v) is 4.68. The third-order valence-electron chi connectivity index (χ3n) is 6.37. The van der Waals surface area contributed by atoms with Gasteiger partial charge in [0.05, 0.1) is 44.0 Å². The van der Waals surface area contributed by atoms with E-state index in [9.17, 15) is 10.5 Å². The second kappa shape index (κ2) is 11.0. The molecular weight excluding hydrogens is 404 g/mol. The summed E-state index contributed by atoms with van der Waals surface area (Å²) in [6.45, 7) is 19.4. The van der Waals surface area contributed by atoms with E-state index in [4.69, 9.17) is 0 Å². The summed E-state index contributed by atoms with van der Waals surface area (Å²) in [7, 11) is 0. The number of nitrogens with zero attached hydrogens (tertiary/aromatic N) is 6. The molecule has 0 aliphatic heterocycles. The zero-order valence-corrected chi connectivity index (χ0v) is 20.4. The largest absolute Gasteiger partial charge is 0.366 e. The van der Waals surface area contributed by atoms with E-state index in [-0.39, 0.29) is 0 Å². The smallest absolute Gasteiger partial charge is 0.158 e. The SMILES string of the molecule is CCN(CC[N+](CC)(CC)CC)c1ccc(N=Nc2sc(C#N)c(C)c2C#N)c(C)c1. The topological polar surface area (TPSA) is 75.5 Å². The molecule has 0 saturated carbocycles. The van der Waals surface area contributed by atoms with Crippen molar-refractivity contribution in [2.24, 2.45) is 10.2 Å². The van der Waals surface area contributed by atoms with Crippen LogP contribution in [0.2, 0.25) is 0 Å². The van der Waals surface area contributed by atoms with Crippen molar-refractivity contribution in [1.29, 1.82) is 10.5 Å². The zero-order valence-electron chi connectivity index (χ0n) is 19.6. The van der Waals surface area contributed by atoms with E-state index in [0.717, 1.165) is 55.0 Å². The minimum absolute atomic E-state index is 0.432. The average Bonchev–Trinajstić information content (AvgIpc) is 3.11. The number of azo groups is 1. The highest BCUT2D eigenvalue weighted by Gasteiger charge is 2.22. The van der Waals surface area contributed by atoms with Crippen molar-refractivity contribution >= 4 is 27.7 Å². The molecular formula is C24H33N6S+. The summed E-state index contributed by atoms with van der Waals surface area (Å²) in [5, 5.41) is 27.7. The standard InChI is InChI=1S/C24H33N6S/c1-7-29(13-14-30(8-2,9-3)10-4)20-11-12-22(18(5)15-20)27-28-24-21(16-25)19(6)23(17-26)31-24/h11-12,15H,7-10,13-14H2,1-6H3/q+1. The maximum Gasteiger partial charge on any atom is 0.158 e. The van der Waals surface area contributed by atoms with E-state index in [0.29, 0.717) is 21.0 Å². The molecule has 1 heterocycles. The average molecular weight is 438 g/mol. The van der Waals surface area contributed by atoms with E-state index >= 15 is 0 Å². The van der Waals surface area contributed by atoms with Gasteiger partial charge in [0.25, 0.3) is 0 Å². The van der Waals surface area contributed by atoms with Crippen LogP contribution in [0.3, 0.4) is 0 Å². The molecule has 0 bridgehead atoms. The number of benzene rings is 1. The van der Waals surface area contributed by atoms with Gasteiger partial charge in [-0.15, -0.1) is 21.6 Å². The van der Waals surface area contributed by atoms with Crippen LogP contribution < -0.4 is 4.90 Å². The molecule has 0 aliphatic rings. The lowest BCUT2D eigenvalue weighted by Crippen LogP contribution is -2.51. The Bertz CT molecular complexity index is 996. The normalized spacial score (nSPS) is 11.5. The first kappa shape index (κ1) is 24.5. The van der Waals surface area contributed by atoms with Crippen LogP contribution in [0.4, 0.5) is 16.4 Å². The number of quaternary nitrogens is 1. The Hall–Kier alpha value is -2.74. The summed E-state index contributed by atoms with van der Waals surface area (Å²) in [5.74, 6) is 0. The number of anilines is 1. The number of hydrogen-bond acceptors (Lipinski definition) is 6. The first-order valence-corrected chi connectivity index (χ1v) is 11.8. The zero-order chi connectivity index (χ0) is 23.0. The van der Waals surface area contributed by atoms with Gasteiger partial charge in [-0.25, -0.2) is 0 Å². The first-order valence-electron chi connectivity index (χ1n) is 10.9. The van der Waals surface area contributed by atoms with E-state index in [1.807, 2.05) is 13.0 Å². The molecule has 0 N–H and O–H groups in total. The van der Waals surface area contributed by atoms with Crippen LogP contribution in [0.1, 0.15) is 49.3 Å². The fraction of sp³-hybridized carbons (Fsp3) is 0.500. The highest BCUT2D eigenvalue weighted by molar-refractivity contribution is 7.16. The quantitative estimate of drug-likeness (QED) is 0.327. The molecule has 2 rings (SSSR count). The van der Waals surface area contributed by atoms with Gasteiger partial charge < -0.3 is 9.38 Å². The van der Waals surface area contributed by atoms with Crippen molar-refractivity contribution in [2.75, 3.05) is 44.2 Å². The lowest BCUT2D eigenvalue weighted by Gasteiger charge is -2.38. The van der Waals surface area contributed by atoms with E-state index < -0.39 is 0 Å². The summed E-state index contributed by atoms with van der Waals surface area (Å²) < 4.78 is 1.13. The van der Waals surface area contributed by atoms with Gasteiger partial charge in [0, 0.05) is 12.2 Å². The van der Waals surface area contributed by atoms with E-state index in [2.05, 4.69) is 67.1 Å². The molecule has 31 heavy (non-hydrogen) atoms. The molecule has 0 atom stereocenters. The second-order valence-electron chi connectivity index (χ2n) is 7.72. The Morgan fingerprint density at radius 1 is 1.00 bits per heavy atom. The number of aryl methyl sites for hydroxylation is 1. The van der Waals surface area contributed by atoms with Crippen LogP contribution in [0, 0.1) is 36.5 Å². The molecule has 1 aromatic carbocycles. The van der Waals surface area contributed by atoms with Crippen molar-refractivity contribution in [3.63, 3.8) is 0 Å².